The molecule has 0 spiro atoms. The van der Waals surface area contributed by atoms with Gasteiger partial charge in [-0.15, -0.1) is 11.3 Å². The summed E-state index contributed by atoms with van der Waals surface area (Å²) in [5, 5.41) is 8.74. The zero-order valence-electron chi connectivity index (χ0n) is 23.1. The molecule has 0 aliphatic heterocycles. The zero-order valence-corrected chi connectivity index (χ0v) is 23.9. The lowest BCUT2D eigenvalue weighted by Gasteiger charge is -2.25. The highest BCUT2D eigenvalue weighted by molar-refractivity contribution is 7.13. The van der Waals surface area contributed by atoms with Crippen LogP contribution >= 0.6 is 11.3 Å². The lowest BCUT2D eigenvalue weighted by molar-refractivity contribution is 0.260. The number of thiophene rings is 1. The molecule has 1 aromatic heterocycles. The van der Waals surface area contributed by atoms with Crippen molar-refractivity contribution in [2.24, 2.45) is 0 Å². The largest absolute Gasteiger partial charge is 0.488 e. The third-order valence-corrected chi connectivity index (χ3v) is 7.00. The predicted molar refractivity (Wildman–Crippen MR) is 167 cm³/mol. The van der Waals surface area contributed by atoms with Crippen LogP contribution in [0.15, 0.2) is 91.2 Å². The molecule has 0 saturated heterocycles. The summed E-state index contributed by atoms with van der Waals surface area (Å²) in [7, 11) is 0. The molecule has 2 aromatic carbocycles. The first kappa shape index (κ1) is 29.5. The van der Waals surface area contributed by atoms with Gasteiger partial charge in [0.2, 0.25) is 0 Å². The van der Waals surface area contributed by atoms with Gasteiger partial charge >= 0.3 is 0 Å². The lowest BCUT2D eigenvalue weighted by Crippen LogP contribution is -2.25. The summed E-state index contributed by atoms with van der Waals surface area (Å²) in [5.74, 6) is 0.976. The summed E-state index contributed by atoms with van der Waals surface area (Å²) in [4.78, 5) is 4.71. The quantitative estimate of drug-likeness (QED) is 0.104. The van der Waals surface area contributed by atoms with Crippen LogP contribution in [0.4, 0.5) is 5.69 Å². The fourth-order valence-electron chi connectivity index (χ4n) is 3.89. The molecule has 3 rings (SSSR count). The number of unbranched alkanes of at least 4 members (excludes halogenated alkanes) is 1. The second kappa shape index (κ2) is 16.1. The maximum atomic E-state index is 8.74. The van der Waals surface area contributed by atoms with Gasteiger partial charge in [0, 0.05) is 40.2 Å². The highest BCUT2D eigenvalue weighted by atomic mass is 32.1. The van der Waals surface area contributed by atoms with E-state index in [9.17, 15) is 0 Å². The standard InChI is InChI=1S/C34H38N2O2S/c1-5-7-22-36(21-6-2)31-16-14-30(34(23-31)38-26-29-11-9-8-10-12-29)15-18-33-20-19-32(39-33)17-13-27(3)25-37-28(4)24-35/h8-20,23H,3-7,21-22,25-26H2,1-2H3/b17-13+,18-15+. The van der Waals surface area contributed by atoms with Crippen molar-refractivity contribution in [3.05, 3.63) is 112 Å². The topological polar surface area (TPSA) is 45.5 Å². The maximum absolute atomic E-state index is 8.74. The summed E-state index contributed by atoms with van der Waals surface area (Å²) in [6.45, 7) is 14.8. The molecule has 202 valence electrons. The molecule has 0 unspecified atom stereocenters. The first-order chi connectivity index (χ1) is 19.0. The SMILES string of the molecule is C=C(/C=C/c1ccc(/C=C/c2ccc(N(CCC)CCCC)cc2OCc2ccccc2)s1)COC(=C)C#N. The van der Waals surface area contributed by atoms with Crippen LogP contribution in [0.3, 0.4) is 0 Å². The predicted octanol–water partition coefficient (Wildman–Crippen LogP) is 9.14. The van der Waals surface area contributed by atoms with Gasteiger partial charge in [-0.25, -0.2) is 0 Å². The molecule has 1 heterocycles. The number of benzene rings is 2. The smallest absolute Gasteiger partial charge is 0.190 e. The van der Waals surface area contributed by atoms with E-state index in [2.05, 4.69) is 86.5 Å². The molecule has 5 heteroatoms. The van der Waals surface area contributed by atoms with E-state index in [0.29, 0.717) is 6.61 Å². The van der Waals surface area contributed by atoms with Crippen molar-refractivity contribution < 1.29 is 9.47 Å². The van der Waals surface area contributed by atoms with Gasteiger partial charge in [0.25, 0.3) is 0 Å². The molecule has 0 aliphatic rings. The second-order valence-corrected chi connectivity index (χ2v) is 10.4. The highest BCUT2D eigenvalue weighted by Crippen LogP contribution is 2.30. The Morgan fingerprint density at radius 1 is 0.949 bits per heavy atom. The summed E-state index contributed by atoms with van der Waals surface area (Å²) < 4.78 is 11.6. The van der Waals surface area contributed by atoms with E-state index in [0.717, 1.165) is 51.7 Å². The Hall–Kier alpha value is -4.01. The van der Waals surface area contributed by atoms with Gasteiger partial charge < -0.3 is 14.4 Å². The van der Waals surface area contributed by atoms with Crippen LogP contribution in [0.25, 0.3) is 18.2 Å². The van der Waals surface area contributed by atoms with Crippen LogP contribution in [-0.4, -0.2) is 19.7 Å². The van der Waals surface area contributed by atoms with Gasteiger partial charge in [0.15, 0.2) is 5.76 Å². The number of allylic oxidation sites excluding steroid dienone is 1. The number of hydrogen-bond donors (Lipinski definition) is 0. The van der Waals surface area contributed by atoms with E-state index in [4.69, 9.17) is 14.7 Å². The first-order valence-electron chi connectivity index (χ1n) is 13.4. The van der Waals surface area contributed by atoms with Crippen molar-refractivity contribution in [3.8, 4) is 11.8 Å². The Bertz CT molecular complexity index is 1310. The Morgan fingerprint density at radius 3 is 2.44 bits per heavy atom. The molecule has 39 heavy (non-hydrogen) atoms. The van der Waals surface area contributed by atoms with E-state index in [-0.39, 0.29) is 12.4 Å². The fraction of sp³-hybridized carbons (Fsp3) is 0.265. The molecular formula is C34H38N2O2S. The minimum atomic E-state index is 0.0901. The van der Waals surface area contributed by atoms with Gasteiger partial charge in [-0.2, -0.15) is 5.26 Å². The van der Waals surface area contributed by atoms with Crippen LogP contribution in [0, 0.1) is 11.3 Å². The molecule has 0 N–H and O–H groups in total. The van der Waals surface area contributed by atoms with Gasteiger partial charge in [-0.3, -0.25) is 0 Å². The highest BCUT2D eigenvalue weighted by Gasteiger charge is 2.10. The number of nitriles is 1. The second-order valence-electron chi connectivity index (χ2n) is 9.23. The molecule has 4 nitrogen and oxygen atoms in total. The van der Waals surface area contributed by atoms with E-state index >= 15 is 0 Å². The monoisotopic (exact) mass is 538 g/mol. The van der Waals surface area contributed by atoms with Crippen LogP contribution in [-0.2, 0) is 11.3 Å². The average molecular weight is 539 g/mol. The van der Waals surface area contributed by atoms with E-state index in [1.807, 2.05) is 36.4 Å². The molecule has 0 aliphatic carbocycles. The minimum Gasteiger partial charge on any atom is -0.488 e. The lowest BCUT2D eigenvalue weighted by atomic mass is 10.1. The van der Waals surface area contributed by atoms with E-state index in [1.54, 1.807) is 11.3 Å². The first-order valence-corrected chi connectivity index (χ1v) is 14.2. The van der Waals surface area contributed by atoms with Crippen molar-refractivity contribution in [1.82, 2.24) is 0 Å². The molecular weight excluding hydrogens is 500 g/mol. The minimum absolute atomic E-state index is 0.0901. The van der Waals surface area contributed by atoms with E-state index in [1.165, 1.54) is 18.5 Å². The summed E-state index contributed by atoms with van der Waals surface area (Å²) >= 11 is 1.69. The summed E-state index contributed by atoms with van der Waals surface area (Å²) in [5.41, 5.74) is 4.17. The number of rotatable bonds is 16. The number of hydrogen-bond acceptors (Lipinski definition) is 5. The fourth-order valence-corrected chi connectivity index (χ4v) is 4.70. The van der Waals surface area contributed by atoms with Crippen LogP contribution in [0.2, 0.25) is 0 Å². The van der Waals surface area contributed by atoms with Gasteiger partial charge in [0.05, 0.1) is 0 Å². The number of anilines is 1. The van der Waals surface area contributed by atoms with Crippen molar-refractivity contribution in [2.75, 3.05) is 24.6 Å². The Labute approximate surface area is 237 Å². The molecule has 0 atom stereocenters. The molecule has 0 saturated carbocycles. The molecule has 0 radical (unpaired) electrons. The zero-order chi connectivity index (χ0) is 27.9. The normalized spacial score (nSPS) is 11.0. The third-order valence-electron chi connectivity index (χ3n) is 5.99. The third kappa shape index (κ3) is 10.00. The number of ether oxygens (including phenoxy) is 2. The Balaban J connectivity index is 1.76. The molecule has 0 amide bonds. The maximum Gasteiger partial charge on any atom is 0.190 e. The van der Waals surface area contributed by atoms with E-state index < -0.39 is 0 Å². The molecule has 3 aromatic rings. The van der Waals surface area contributed by atoms with Gasteiger partial charge in [0.1, 0.15) is 25.0 Å². The number of nitrogens with zero attached hydrogens (tertiary/aromatic N) is 2. The van der Waals surface area contributed by atoms with Crippen LogP contribution < -0.4 is 9.64 Å². The van der Waals surface area contributed by atoms with Crippen molar-refractivity contribution in [3.63, 3.8) is 0 Å². The summed E-state index contributed by atoms with van der Waals surface area (Å²) in [6, 6.07) is 22.9. The van der Waals surface area contributed by atoms with Crippen molar-refractivity contribution in [1.29, 1.82) is 5.26 Å². The van der Waals surface area contributed by atoms with Gasteiger partial charge in [-0.1, -0.05) is 63.3 Å². The average Bonchev–Trinajstić information content (AvgIpc) is 3.43. The summed E-state index contributed by atoms with van der Waals surface area (Å²) in [6.07, 6.45) is 11.6. The van der Waals surface area contributed by atoms with Crippen LogP contribution in [0.5, 0.6) is 5.75 Å². The van der Waals surface area contributed by atoms with Crippen molar-refractivity contribution in [2.45, 2.75) is 39.7 Å². The van der Waals surface area contributed by atoms with Gasteiger partial charge in [-0.05, 0) is 73.1 Å². The Kier molecular flexibility index (Phi) is 12.2. The Morgan fingerprint density at radius 2 is 1.72 bits per heavy atom. The van der Waals surface area contributed by atoms with Crippen LogP contribution in [0.1, 0.15) is 54.0 Å². The molecule has 0 bridgehead atoms. The molecule has 0 fully saturated rings. The van der Waals surface area contributed by atoms with Crippen molar-refractivity contribution >= 4 is 35.3 Å².